The monoisotopic (exact) mass is 432 g/mol. The lowest BCUT2D eigenvalue weighted by Gasteiger charge is -2.34. The Bertz CT molecular complexity index is 986. The Hall–Kier alpha value is -2.86. The molecule has 2 aromatic rings. The van der Waals surface area contributed by atoms with Crippen LogP contribution >= 0.6 is 0 Å². The number of hydrogen-bond donors (Lipinski definition) is 1. The Labute approximate surface area is 190 Å². The van der Waals surface area contributed by atoms with E-state index in [0.717, 1.165) is 56.2 Å². The molecule has 1 atom stereocenters. The maximum atomic E-state index is 13.3. The van der Waals surface area contributed by atoms with Crippen molar-refractivity contribution in [3.8, 4) is 5.75 Å². The van der Waals surface area contributed by atoms with Gasteiger partial charge >= 0.3 is 6.03 Å². The standard InChI is InChI=1S/C26H32N4O2/c1-32-23-14-8-13-22(17-23)30-25(31)28-24(27-21-11-6-3-7-12-21)26(30)15-16-29(19-26)18-20-9-4-2-5-10-20/h2,4-5,8-10,13-14,17,21H,3,6-7,11-12,15-16,18-19H2,1H3,(H,27,28,31). The number of nitrogens with one attached hydrogen (secondary N) is 1. The minimum atomic E-state index is -0.463. The van der Waals surface area contributed by atoms with E-state index in [1.54, 1.807) is 7.11 Å². The number of benzene rings is 2. The van der Waals surface area contributed by atoms with Crippen molar-refractivity contribution in [3.63, 3.8) is 0 Å². The van der Waals surface area contributed by atoms with Gasteiger partial charge in [-0.25, -0.2) is 4.79 Å². The van der Waals surface area contributed by atoms with E-state index < -0.39 is 5.54 Å². The van der Waals surface area contributed by atoms with E-state index in [1.165, 1.54) is 24.8 Å². The molecule has 1 saturated carbocycles. The maximum absolute atomic E-state index is 13.3. The molecule has 3 fully saturated rings. The Morgan fingerprint density at radius 3 is 2.69 bits per heavy atom. The van der Waals surface area contributed by atoms with E-state index in [4.69, 9.17) is 9.73 Å². The summed E-state index contributed by atoms with van der Waals surface area (Å²) in [5.41, 5.74) is 1.69. The van der Waals surface area contributed by atoms with Gasteiger partial charge in [0.15, 0.2) is 0 Å². The first-order chi connectivity index (χ1) is 15.7. The van der Waals surface area contributed by atoms with Gasteiger partial charge in [-0.05, 0) is 37.0 Å². The quantitative estimate of drug-likeness (QED) is 0.751. The van der Waals surface area contributed by atoms with Gasteiger partial charge in [-0.3, -0.25) is 20.1 Å². The summed E-state index contributed by atoms with van der Waals surface area (Å²) in [6, 6.07) is 18.6. The molecule has 5 rings (SSSR count). The Kier molecular flexibility index (Phi) is 5.87. The Morgan fingerprint density at radius 1 is 1.09 bits per heavy atom. The summed E-state index contributed by atoms with van der Waals surface area (Å²) < 4.78 is 5.45. The van der Waals surface area contributed by atoms with Crippen molar-refractivity contribution in [2.75, 3.05) is 25.1 Å². The van der Waals surface area contributed by atoms with Gasteiger partial charge in [0.25, 0.3) is 0 Å². The summed E-state index contributed by atoms with van der Waals surface area (Å²) in [5.74, 6) is 1.61. The second kappa shape index (κ2) is 8.94. The third kappa shape index (κ3) is 3.99. The molecule has 32 heavy (non-hydrogen) atoms. The molecule has 3 aliphatic rings. The smallest absolute Gasteiger partial charge is 0.328 e. The van der Waals surface area contributed by atoms with Crippen molar-refractivity contribution in [1.82, 2.24) is 10.2 Å². The van der Waals surface area contributed by atoms with Crippen LogP contribution in [0.4, 0.5) is 10.5 Å². The van der Waals surface area contributed by atoms with Crippen LogP contribution in [0.1, 0.15) is 44.1 Å². The van der Waals surface area contributed by atoms with Crippen LogP contribution in [0.3, 0.4) is 0 Å². The third-order valence-corrected chi connectivity index (χ3v) is 7.07. The molecular weight excluding hydrogens is 400 g/mol. The van der Waals surface area contributed by atoms with E-state index >= 15 is 0 Å². The Balaban J connectivity index is 1.49. The van der Waals surface area contributed by atoms with Gasteiger partial charge in [-0.2, -0.15) is 0 Å². The first-order valence-electron chi connectivity index (χ1n) is 11.8. The summed E-state index contributed by atoms with van der Waals surface area (Å²) >= 11 is 0. The number of carbonyl (C=O) groups excluding carboxylic acids is 1. The molecule has 0 aromatic heterocycles. The van der Waals surface area contributed by atoms with Gasteiger partial charge in [-0.15, -0.1) is 0 Å². The van der Waals surface area contributed by atoms with Crippen LogP contribution < -0.4 is 15.0 Å². The number of aliphatic imine (C=N–C) groups is 1. The molecule has 1 unspecified atom stereocenters. The highest BCUT2D eigenvalue weighted by Gasteiger charge is 2.55. The minimum Gasteiger partial charge on any atom is -0.497 e. The maximum Gasteiger partial charge on any atom is 0.328 e. The lowest BCUT2D eigenvalue weighted by Crippen LogP contribution is -2.52. The van der Waals surface area contributed by atoms with E-state index in [2.05, 4.69) is 34.5 Å². The fourth-order valence-corrected chi connectivity index (χ4v) is 5.46. The summed E-state index contributed by atoms with van der Waals surface area (Å²) in [4.78, 5) is 22.9. The summed E-state index contributed by atoms with van der Waals surface area (Å²) in [6.07, 6.45) is 6.83. The van der Waals surface area contributed by atoms with Crippen molar-refractivity contribution in [2.45, 2.75) is 56.7 Å². The number of hydrogen-bond acceptors (Lipinski definition) is 4. The van der Waals surface area contributed by atoms with Crippen LogP contribution in [0, 0.1) is 0 Å². The highest BCUT2D eigenvalue weighted by molar-refractivity contribution is 6.19. The predicted octanol–water partition coefficient (Wildman–Crippen LogP) is 4.60. The van der Waals surface area contributed by atoms with Gasteiger partial charge in [0.05, 0.1) is 18.8 Å². The van der Waals surface area contributed by atoms with Gasteiger partial charge < -0.3 is 4.74 Å². The molecule has 0 bridgehead atoms. The van der Waals surface area contributed by atoms with Crippen LogP contribution in [-0.4, -0.2) is 48.5 Å². The number of rotatable bonds is 5. The highest BCUT2D eigenvalue weighted by Crippen LogP contribution is 2.39. The first kappa shape index (κ1) is 21.0. The summed E-state index contributed by atoms with van der Waals surface area (Å²) in [6.45, 7) is 2.57. The van der Waals surface area contributed by atoms with Gasteiger partial charge in [-0.1, -0.05) is 55.7 Å². The molecule has 2 aromatic carbocycles. The fraction of sp³-hybridized carbons (Fsp3) is 0.462. The Morgan fingerprint density at radius 2 is 1.91 bits per heavy atom. The van der Waals surface area contributed by atoms with Crippen LogP contribution in [0.2, 0.25) is 0 Å². The molecule has 6 nitrogen and oxygen atoms in total. The fourth-order valence-electron chi connectivity index (χ4n) is 5.46. The normalized spacial score (nSPS) is 25.6. The van der Waals surface area contributed by atoms with Crippen LogP contribution in [0.15, 0.2) is 59.6 Å². The van der Waals surface area contributed by atoms with Gasteiger partial charge in [0.1, 0.15) is 17.1 Å². The predicted molar refractivity (Wildman–Crippen MR) is 127 cm³/mol. The SMILES string of the molecule is COc1cccc(N2C(=O)NC(=NC3CCCCC3)C23CCN(Cc2ccccc2)C3)c1. The number of methoxy groups -OCH3 is 1. The van der Waals surface area contributed by atoms with E-state index in [1.807, 2.05) is 35.2 Å². The highest BCUT2D eigenvalue weighted by atomic mass is 16.5. The number of amidine groups is 1. The lowest BCUT2D eigenvalue weighted by molar-refractivity contribution is 0.250. The van der Waals surface area contributed by atoms with Crippen molar-refractivity contribution in [2.24, 2.45) is 4.99 Å². The second-order valence-corrected chi connectivity index (χ2v) is 9.21. The van der Waals surface area contributed by atoms with Crippen LogP contribution in [0.25, 0.3) is 0 Å². The molecule has 2 aliphatic heterocycles. The van der Waals surface area contributed by atoms with Crippen LogP contribution in [0.5, 0.6) is 5.75 Å². The number of nitrogens with zero attached hydrogens (tertiary/aromatic N) is 3. The zero-order chi connectivity index (χ0) is 22.0. The van der Waals surface area contributed by atoms with Crippen molar-refractivity contribution >= 4 is 17.6 Å². The average Bonchev–Trinajstić information content (AvgIpc) is 3.35. The average molecular weight is 433 g/mol. The largest absolute Gasteiger partial charge is 0.497 e. The molecule has 2 saturated heterocycles. The van der Waals surface area contributed by atoms with Gasteiger partial charge in [0.2, 0.25) is 0 Å². The number of ether oxygens (including phenoxy) is 1. The molecule has 2 heterocycles. The zero-order valence-corrected chi connectivity index (χ0v) is 18.8. The van der Waals surface area contributed by atoms with E-state index in [-0.39, 0.29) is 6.03 Å². The number of amides is 2. The molecule has 1 spiro atoms. The first-order valence-corrected chi connectivity index (χ1v) is 11.8. The zero-order valence-electron chi connectivity index (χ0n) is 18.8. The molecule has 6 heteroatoms. The molecule has 1 N–H and O–H groups in total. The molecule has 168 valence electrons. The topological polar surface area (TPSA) is 57.2 Å². The third-order valence-electron chi connectivity index (χ3n) is 7.07. The van der Waals surface area contributed by atoms with Gasteiger partial charge in [0, 0.05) is 25.7 Å². The molecule has 1 aliphatic carbocycles. The van der Waals surface area contributed by atoms with Crippen molar-refractivity contribution in [1.29, 1.82) is 0 Å². The lowest BCUT2D eigenvalue weighted by atomic mass is 9.93. The van der Waals surface area contributed by atoms with Crippen molar-refractivity contribution in [3.05, 3.63) is 60.2 Å². The molecule has 0 radical (unpaired) electrons. The number of carbonyl (C=O) groups is 1. The van der Waals surface area contributed by atoms with Crippen molar-refractivity contribution < 1.29 is 9.53 Å². The summed E-state index contributed by atoms with van der Waals surface area (Å²) in [5, 5.41) is 3.17. The van der Waals surface area contributed by atoms with E-state index in [9.17, 15) is 4.79 Å². The molecule has 2 amide bonds. The minimum absolute atomic E-state index is 0.0885. The number of urea groups is 1. The molecular formula is C26H32N4O2. The number of anilines is 1. The second-order valence-electron chi connectivity index (χ2n) is 9.21. The van der Waals surface area contributed by atoms with E-state index in [0.29, 0.717) is 6.04 Å². The number of likely N-dealkylation sites (tertiary alicyclic amines) is 1. The summed E-state index contributed by atoms with van der Waals surface area (Å²) in [7, 11) is 1.66. The van der Waals surface area contributed by atoms with Crippen LogP contribution in [-0.2, 0) is 6.54 Å².